The molecule has 3 N–H and O–H groups in total. The van der Waals surface area contributed by atoms with E-state index in [2.05, 4.69) is 22.2 Å². The third kappa shape index (κ3) is 3.25. The Labute approximate surface area is 85.2 Å². The van der Waals surface area contributed by atoms with Crippen LogP contribution in [0.25, 0.3) is 0 Å². The Bertz CT molecular complexity index is 189. The lowest BCUT2D eigenvalue weighted by Crippen LogP contribution is -2.52. The molecule has 0 aromatic heterocycles. The van der Waals surface area contributed by atoms with Crippen LogP contribution in [0.2, 0.25) is 0 Å². The van der Waals surface area contributed by atoms with Crippen LogP contribution >= 0.6 is 0 Å². The lowest BCUT2D eigenvalue weighted by Gasteiger charge is -2.33. The Morgan fingerprint density at radius 2 is 2.00 bits per heavy atom. The minimum atomic E-state index is -0.272. The summed E-state index contributed by atoms with van der Waals surface area (Å²) in [4.78, 5) is 15.5. The number of piperazine rings is 1. The molecule has 5 nitrogen and oxygen atoms in total. The van der Waals surface area contributed by atoms with Crippen molar-refractivity contribution in [3.63, 3.8) is 0 Å². The lowest BCUT2D eigenvalue weighted by atomic mass is 10.2. The zero-order chi connectivity index (χ0) is 10.6. The number of rotatable bonds is 4. The molecule has 0 aromatic carbocycles. The molecule has 0 saturated carbocycles. The van der Waals surface area contributed by atoms with Gasteiger partial charge in [-0.05, 0) is 14.1 Å². The topological polar surface area (TPSA) is 61.6 Å². The number of nitrogens with two attached hydrogens (primary N) is 1. The van der Waals surface area contributed by atoms with Crippen molar-refractivity contribution in [1.82, 2.24) is 15.1 Å². The fourth-order valence-corrected chi connectivity index (χ4v) is 1.61. The summed E-state index contributed by atoms with van der Waals surface area (Å²) in [6, 6.07) is -0.224. The van der Waals surface area contributed by atoms with Crippen molar-refractivity contribution < 1.29 is 4.79 Å². The molecule has 1 atom stereocenters. The average molecular weight is 200 g/mol. The Kier molecular flexibility index (Phi) is 4.31. The summed E-state index contributed by atoms with van der Waals surface area (Å²) in [5.41, 5.74) is 5.25. The fraction of sp³-hybridized carbons (Fsp3) is 0.889. The second-order valence-corrected chi connectivity index (χ2v) is 3.85. The molecule has 1 fully saturated rings. The maximum atomic E-state index is 11.0. The van der Waals surface area contributed by atoms with Gasteiger partial charge in [0.15, 0.2) is 0 Å². The first-order chi connectivity index (χ1) is 6.63. The second-order valence-electron chi connectivity index (χ2n) is 3.85. The van der Waals surface area contributed by atoms with E-state index >= 15 is 0 Å². The van der Waals surface area contributed by atoms with E-state index in [1.165, 1.54) is 0 Å². The molecular weight excluding hydrogens is 180 g/mol. The van der Waals surface area contributed by atoms with Crippen LogP contribution in [0.3, 0.4) is 0 Å². The summed E-state index contributed by atoms with van der Waals surface area (Å²) in [5.74, 6) is -0.272. The van der Waals surface area contributed by atoms with Crippen molar-refractivity contribution in [3.8, 4) is 0 Å². The zero-order valence-corrected chi connectivity index (χ0v) is 8.99. The highest BCUT2D eigenvalue weighted by Gasteiger charge is 2.20. The van der Waals surface area contributed by atoms with Gasteiger partial charge in [0.25, 0.3) is 0 Å². The van der Waals surface area contributed by atoms with Gasteiger partial charge in [0.1, 0.15) is 0 Å². The predicted molar refractivity (Wildman–Crippen MR) is 56.0 cm³/mol. The van der Waals surface area contributed by atoms with Crippen molar-refractivity contribution in [2.75, 3.05) is 46.8 Å². The Hall–Kier alpha value is -0.650. The number of carbonyl (C=O) groups is 1. The van der Waals surface area contributed by atoms with Crippen LogP contribution in [-0.2, 0) is 4.79 Å². The largest absolute Gasteiger partial charge is 0.368 e. The molecule has 1 aliphatic heterocycles. The quantitative estimate of drug-likeness (QED) is 0.568. The van der Waals surface area contributed by atoms with Crippen molar-refractivity contribution in [3.05, 3.63) is 0 Å². The fourth-order valence-electron chi connectivity index (χ4n) is 1.61. The summed E-state index contributed by atoms with van der Waals surface area (Å²) in [6.45, 7) is 4.88. The number of hydrogen-bond donors (Lipinski definition) is 2. The number of nitrogens with one attached hydrogen (secondary N) is 1. The van der Waals surface area contributed by atoms with E-state index in [1.54, 1.807) is 7.05 Å². The number of amides is 1. The molecule has 1 saturated heterocycles. The highest BCUT2D eigenvalue weighted by Crippen LogP contribution is 1.99. The van der Waals surface area contributed by atoms with E-state index in [0.717, 1.165) is 32.7 Å². The summed E-state index contributed by atoms with van der Waals surface area (Å²) < 4.78 is 0. The van der Waals surface area contributed by atoms with E-state index in [4.69, 9.17) is 5.73 Å². The van der Waals surface area contributed by atoms with E-state index in [-0.39, 0.29) is 11.9 Å². The van der Waals surface area contributed by atoms with Gasteiger partial charge in [-0.1, -0.05) is 0 Å². The van der Waals surface area contributed by atoms with Gasteiger partial charge in [-0.25, -0.2) is 0 Å². The zero-order valence-electron chi connectivity index (χ0n) is 8.99. The number of carbonyl (C=O) groups excluding carboxylic acids is 1. The molecule has 0 radical (unpaired) electrons. The molecule has 14 heavy (non-hydrogen) atoms. The van der Waals surface area contributed by atoms with Crippen LogP contribution in [0.5, 0.6) is 0 Å². The first-order valence-corrected chi connectivity index (χ1v) is 5.01. The SMILES string of the molecule is CNC(CN1CCN(C)CC1)C(N)=O. The third-order valence-electron chi connectivity index (χ3n) is 2.73. The van der Waals surface area contributed by atoms with Crippen LogP contribution < -0.4 is 11.1 Å². The summed E-state index contributed by atoms with van der Waals surface area (Å²) in [6.07, 6.45) is 0. The Morgan fingerprint density at radius 1 is 1.43 bits per heavy atom. The van der Waals surface area contributed by atoms with Gasteiger partial charge in [0.2, 0.25) is 5.91 Å². The van der Waals surface area contributed by atoms with Gasteiger partial charge < -0.3 is 16.0 Å². The number of nitrogens with zero attached hydrogens (tertiary/aromatic N) is 2. The highest BCUT2D eigenvalue weighted by molar-refractivity contribution is 5.80. The molecule has 5 heteroatoms. The molecule has 0 bridgehead atoms. The summed E-state index contributed by atoms with van der Waals surface area (Å²) in [5, 5.41) is 2.93. The normalized spacial score (nSPS) is 22.1. The van der Waals surface area contributed by atoms with Crippen molar-refractivity contribution in [2.24, 2.45) is 5.73 Å². The summed E-state index contributed by atoms with van der Waals surface area (Å²) in [7, 11) is 3.88. The molecule has 1 amide bonds. The molecule has 1 heterocycles. The maximum absolute atomic E-state index is 11.0. The van der Waals surface area contributed by atoms with Crippen molar-refractivity contribution in [2.45, 2.75) is 6.04 Å². The van der Waals surface area contributed by atoms with Gasteiger partial charge in [-0.3, -0.25) is 9.69 Å². The minimum Gasteiger partial charge on any atom is -0.368 e. The van der Waals surface area contributed by atoms with Gasteiger partial charge in [-0.2, -0.15) is 0 Å². The average Bonchev–Trinajstić information content (AvgIpc) is 2.16. The monoisotopic (exact) mass is 200 g/mol. The first-order valence-electron chi connectivity index (χ1n) is 5.01. The number of hydrogen-bond acceptors (Lipinski definition) is 4. The first kappa shape index (κ1) is 11.4. The van der Waals surface area contributed by atoms with E-state index in [9.17, 15) is 4.79 Å². The van der Waals surface area contributed by atoms with E-state index in [0.29, 0.717) is 0 Å². The summed E-state index contributed by atoms with van der Waals surface area (Å²) >= 11 is 0. The van der Waals surface area contributed by atoms with Crippen LogP contribution in [0.4, 0.5) is 0 Å². The molecule has 1 aliphatic rings. The maximum Gasteiger partial charge on any atom is 0.235 e. The molecule has 1 unspecified atom stereocenters. The second kappa shape index (κ2) is 5.29. The van der Waals surface area contributed by atoms with E-state index < -0.39 is 0 Å². The van der Waals surface area contributed by atoms with Crippen LogP contribution in [0, 0.1) is 0 Å². The van der Waals surface area contributed by atoms with Gasteiger partial charge in [0, 0.05) is 32.7 Å². The van der Waals surface area contributed by atoms with Crippen LogP contribution in [-0.4, -0.2) is 68.6 Å². The van der Waals surface area contributed by atoms with Gasteiger partial charge in [0.05, 0.1) is 6.04 Å². The van der Waals surface area contributed by atoms with Crippen molar-refractivity contribution in [1.29, 1.82) is 0 Å². The molecule has 0 spiro atoms. The number of primary amides is 1. The predicted octanol–water partition coefficient (Wildman–Crippen LogP) is -1.69. The van der Waals surface area contributed by atoms with Gasteiger partial charge >= 0.3 is 0 Å². The molecule has 82 valence electrons. The molecule has 1 rings (SSSR count). The van der Waals surface area contributed by atoms with Gasteiger partial charge in [-0.15, -0.1) is 0 Å². The lowest BCUT2D eigenvalue weighted by molar-refractivity contribution is -0.120. The number of likely N-dealkylation sites (N-methyl/N-ethyl adjacent to an activating group) is 2. The smallest absolute Gasteiger partial charge is 0.235 e. The molecular formula is C9H20N4O. The Morgan fingerprint density at radius 3 is 2.43 bits per heavy atom. The molecule has 0 aromatic rings. The third-order valence-corrected chi connectivity index (χ3v) is 2.73. The van der Waals surface area contributed by atoms with Crippen LogP contribution in [0.15, 0.2) is 0 Å². The standard InChI is InChI=1S/C9H20N4O/c1-11-8(9(10)14)7-13-5-3-12(2)4-6-13/h8,11H,3-7H2,1-2H3,(H2,10,14). The molecule has 0 aliphatic carbocycles. The van der Waals surface area contributed by atoms with E-state index in [1.807, 2.05) is 0 Å². The van der Waals surface area contributed by atoms with Crippen molar-refractivity contribution >= 4 is 5.91 Å². The minimum absolute atomic E-state index is 0.224. The highest BCUT2D eigenvalue weighted by atomic mass is 16.1. The van der Waals surface area contributed by atoms with Crippen LogP contribution in [0.1, 0.15) is 0 Å². The Balaban J connectivity index is 2.32.